The molecule has 0 fully saturated rings. The fourth-order valence-electron chi connectivity index (χ4n) is 2.29. The molecule has 0 aromatic heterocycles. The van der Waals surface area contributed by atoms with Crippen LogP contribution in [0.3, 0.4) is 0 Å². The number of benzene rings is 2. The molecule has 2 aromatic carbocycles. The third-order valence-corrected chi connectivity index (χ3v) is 4.12. The van der Waals surface area contributed by atoms with Crippen LogP contribution in [0, 0.1) is 5.82 Å². The average Bonchev–Trinajstić information content (AvgIpc) is 2.66. The smallest absolute Gasteiger partial charge is 0.306 e. The Labute approximate surface area is 161 Å². The molecule has 1 amide bonds. The fraction of sp³-hybridized carbons (Fsp3) is 0.250. The number of nitrogens with zero attached hydrogens (tertiary/aromatic N) is 1. The zero-order chi connectivity index (χ0) is 19.8. The first-order chi connectivity index (χ1) is 12.9. The van der Waals surface area contributed by atoms with Crippen LogP contribution in [0.25, 0.3) is 0 Å². The van der Waals surface area contributed by atoms with E-state index in [0.29, 0.717) is 16.1 Å². The zero-order valence-electron chi connectivity index (χ0n) is 14.8. The molecule has 0 atom stereocenters. The van der Waals surface area contributed by atoms with E-state index in [-0.39, 0.29) is 25.2 Å². The second-order valence-corrected chi connectivity index (χ2v) is 6.37. The highest BCUT2D eigenvalue weighted by molar-refractivity contribution is 6.30. The van der Waals surface area contributed by atoms with Gasteiger partial charge < -0.3 is 9.64 Å². The minimum absolute atomic E-state index is 0.0281. The maximum absolute atomic E-state index is 13.6. The number of hydrogen-bond donors (Lipinski definition) is 0. The number of amides is 1. The molecule has 142 valence electrons. The lowest BCUT2D eigenvalue weighted by atomic mass is 10.1. The van der Waals surface area contributed by atoms with Gasteiger partial charge in [0.25, 0.3) is 5.91 Å². The number of carbonyl (C=O) groups is 3. The maximum atomic E-state index is 13.6. The van der Waals surface area contributed by atoms with Crippen LogP contribution in [-0.4, -0.2) is 36.2 Å². The van der Waals surface area contributed by atoms with Crippen molar-refractivity contribution in [2.75, 3.05) is 13.7 Å². The molecule has 7 heteroatoms. The van der Waals surface area contributed by atoms with Crippen molar-refractivity contribution in [3.63, 3.8) is 0 Å². The summed E-state index contributed by atoms with van der Waals surface area (Å²) in [7, 11) is 1.49. The molecular formula is C20H19ClFNO4. The lowest BCUT2D eigenvalue weighted by Crippen LogP contribution is -2.31. The Bertz CT molecular complexity index is 823. The van der Waals surface area contributed by atoms with E-state index in [1.54, 1.807) is 42.5 Å². The largest absolute Gasteiger partial charge is 0.456 e. The minimum Gasteiger partial charge on any atom is -0.456 e. The van der Waals surface area contributed by atoms with E-state index in [4.69, 9.17) is 16.3 Å². The molecule has 0 saturated carbocycles. The Morgan fingerprint density at radius 3 is 2.37 bits per heavy atom. The number of ether oxygens (including phenoxy) is 1. The van der Waals surface area contributed by atoms with Gasteiger partial charge in [-0.15, -0.1) is 0 Å². The van der Waals surface area contributed by atoms with Gasteiger partial charge in [0.15, 0.2) is 12.4 Å². The Kier molecular flexibility index (Phi) is 7.49. The van der Waals surface area contributed by atoms with Crippen molar-refractivity contribution in [2.45, 2.75) is 19.4 Å². The van der Waals surface area contributed by atoms with Crippen molar-refractivity contribution in [3.05, 3.63) is 70.5 Å². The second kappa shape index (κ2) is 9.83. The van der Waals surface area contributed by atoms with E-state index >= 15 is 0 Å². The van der Waals surface area contributed by atoms with Gasteiger partial charge in [-0.1, -0.05) is 29.8 Å². The number of rotatable bonds is 8. The Morgan fingerprint density at radius 1 is 1.04 bits per heavy atom. The first-order valence-electron chi connectivity index (χ1n) is 8.28. The molecule has 2 aromatic rings. The fourth-order valence-corrected chi connectivity index (χ4v) is 2.42. The molecule has 0 bridgehead atoms. The van der Waals surface area contributed by atoms with Gasteiger partial charge in [0.05, 0.1) is 6.42 Å². The summed E-state index contributed by atoms with van der Waals surface area (Å²) in [5, 5.41) is 0.518. The molecule has 0 spiro atoms. The third kappa shape index (κ3) is 6.49. The number of carbonyl (C=O) groups excluding carboxylic acids is 3. The van der Waals surface area contributed by atoms with E-state index in [0.717, 1.165) is 0 Å². The first kappa shape index (κ1) is 20.6. The lowest BCUT2D eigenvalue weighted by molar-refractivity contribution is -0.151. The van der Waals surface area contributed by atoms with Crippen LogP contribution >= 0.6 is 11.6 Å². The summed E-state index contributed by atoms with van der Waals surface area (Å²) < 4.78 is 18.5. The quantitative estimate of drug-likeness (QED) is 0.509. The summed E-state index contributed by atoms with van der Waals surface area (Å²) in [6.45, 7) is -0.392. The van der Waals surface area contributed by atoms with E-state index in [2.05, 4.69) is 0 Å². The molecule has 0 aliphatic heterocycles. The Balaban J connectivity index is 1.74. The van der Waals surface area contributed by atoms with Gasteiger partial charge >= 0.3 is 5.97 Å². The highest BCUT2D eigenvalue weighted by atomic mass is 35.5. The highest BCUT2D eigenvalue weighted by Gasteiger charge is 2.15. The molecular weight excluding hydrogens is 373 g/mol. The standard InChI is InChI=1S/C20H19ClFNO4/c1-23(12-15-4-2-3-5-17(15)22)19(25)13-27-20(26)11-10-18(24)14-6-8-16(21)9-7-14/h2-9H,10-13H2,1H3. The minimum atomic E-state index is -0.648. The average molecular weight is 392 g/mol. The number of likely N-dealkylation sites (N-methyl/N-ethyl adjacent to an activating group) is 1. The molecule has 0 radical (unpaired) electrons. The predicted octanol–water partition coefficient (Wildman–Crippen LogP) is 3.64. The number of ketones is 1. The van der Waals surface area contributed by atoms with Crippen molar-refractivity contribution in [2.24, 2.45) is 0 Å². The molecule has 0 saturated heterocycles. The Hall–Kier alpha value is -2.73. The van der Waals surface area contributed by atoms with Crippen molar-refractivity contribution in [3.8, 4) is 0 Å². The number of hydrogen-bond acceptors (Lipinski definition) is 4. The molecule has 5 nitrogen and oxygen atoms in total. The lowest BCUT2D eigenvalue weighted by Gasteiger charge is -2.17. The van der Waals surface area contributed by atoms with Crippen LogP contribution in [0.2, 0.25) is 5.02 Å². The Morgan fingerprint density at radius 2 is 1.70 bits per heavy atom. The first-order valence-corrected chi connectivity index (χ1v) is 8.66. The van der Waals surface area contributed by atoms with Gasteiger partial charge in [0.2, 0.25) is 0 Å². The van der Waals surface area contributed by atoms with Crippen molar-refractivity contribution < 1.29 is 23.5 Å². The highest BCUT2D eigenvalue weighted by Crippen LogP contribution is 2.12. The van der Waals surface area contributed by atoms with Gasteiger partial charge in [-0.2, -0.15) is 0 Å². The summed E-state index contributed by atoms with van der Waals surface area (Å²) in [5.41, 5.74) is 0.820. The van der Waals surface area contributed by atoms with Crippen LogP contribution in [0.1, 0.15) is 28.8 Å². The summed E-state index contributed by atoms with van der Waals surface area (Å²) >= 11 is 5.76. The maximum Gasteiger partial charge on any atom is 0.306 e. The van der Waals surface area contributed by atoms with Gasteiger partial charge in [0, 0.05) is 36.2 Å². The van der Waals surface area contributed by atoms with Gasteiger partial charge in [0.1, 0.15) is 5.82 Å². The van der Waals surface area contributed by atoms with Crippen LogP contribution in [0.4, 0.5) is 4.39 Å². The second-order valence-electron chi connectivity index (χ2n) is 5.93. The molecule has 0 heterocycles. The van der Waals surface area contributed by atoms with Crippen LogP contribution < -0.4 is 0 Å². The molecule has 0 aliphatic carbocycles. The molecule has 0 N–H and O–H groups in total. The molecule has 2 rings (SSSR count). The SMILES string of the molecule is CN(Cc1ccccc1F)C(=O)COC(=O)CCC(=O)c1ccc(Cl)cc1. The predicted molar refractivity (Wildman–Crippen MR) is 98.8 cm³/mol. The number of halogens is 2. The third-order valence-electron chi connectivity index (χ3n) is 3.87. The normalized spacial score (nSPS) is 10.3. The summed E-state index contributed by atoms with van der Waals surface area (Å²) in [5.74, 6) is -1.73. The molecule has 27 heavy (non-hydrogen) atoms. The van der Waals surface area contributed by atoms with E-state index < -0.39 is 24.3 Å². The van der Waals surface area contributed by atoms with Crippen LogP contribution in [0.5, 0.6) is 0 Å². The van der Waals surface area contributed by atoms with E-state index in [9.17, 15) is 18.8 Å². The van der Waals surface area contributed by atoms with Gasteiger partial charge in [-0.3, -0.25) is 14.4 Å². The molecule has 0 aliphatic rings. The van der Waals surface area contributed by atoms with Gasteiger partial charge in [-0.05, 0) is 30.3 Å². The monoisotopic (exact) mass is 391 g/mol. The van der Waals surface area contributed by atoms with Crippen LogP contribution in [-0.2, 0) is 20.9 Å². The van der Waals surface area contributed by atoms with E-state index in [1.807, 2.05) is 0 Å². The van der Waals surface area contributed by atoms with Crippen molar-refractivity contribution in [1.29, 1.82) is 0 Å². The number of esters is 1. The van der Waals surface area contributed by atoms with Gasteiger partial charge in [-0.25, -0.2) is 4.39 Å². The molecule has 0 unspecified atom stereocenters. The summed E-state index contributed by atoms with van der Waals surface area (Å²) in [6, 6.07) is 12.5. The van der Waals surface area contributed by atoms with E-state index in [1.165, 1.54) is 18.0 Å². The zero-order valence-corrected chi connectivity index (χ0v) is 15.5. The summed E-state index contributed by atoms with van der Waals surface area (Å²) in [4.78, 5) is 37.0. The van der Waals surface area contributed by atoms with Crippen molar-refractivity contribution >= 4 is 29.3 Å². The number of Topliss-reactive ketones (excluding diaryl/α,β-unsaturated/α-hetero) is 1. The topological polar surface area (TPSA) is 63.7 Å². The van der Waals surface area contributed by atoms with Crippen LogP contribution in [0.15, 0.2) is 48.5 Å². The summed E-state index contributed by atoms with van der Waals surface area (Å²) in [6.07, 6.45) is -0.161. The van der Waals surface area contributed by atoms with Crippen molar-refractivity contribution in [1.82, 2.24) is 4.90 Å².